The average molecular weight is 287 g/mol. The lowest BCUT2D eigenvalue weighted by atomic mass is 10.0. The Bertz CT molecular complexity index is 637. The second-order valence-corrected chi connectivity index (χ2v) is 5.68. The number of phenolic OH excluding ortho intramolecular Hbond substituents is 1. The molecule has 112 valence electrons. The number of carbonyl (C=O) groups excluding carboxylic acids is 1. The first kappa shape index (κ1) is 15.3. The lowest BCUT2D eigenvalue weighted by Gasteiger charge is -2.14. The van der Waals surface area contributed by atoms with E-state index in [2.05, 4.69) is 5.32 Å². The Balaban J connectivity index is 2.11. The summed E-state index contributed by atoms with van der Waals surface area (Å²) in [4.78, 5) is 12.1. The fourth-order valence-corrected chi connectivity index (χ4v) is 2.37. The van der Waals surface area contributed by atoms with E-state index in [0.29, 0.717) is 17.7 Å². The molecular formula is C17H21NO3. The summed E-state index contributed by atoms with van der Waals surface area (Å²) in [6.45, 7) is 4.21. The van der Waals surface area contributed by atoms with Gasteiger partial charge in [0.1, 0.15) is 5.75 Å². The molecule has 0 aliphatic carbocycles. The van der Waals surface area contributed by atoms with Crippen molar-refractivity contribution >= 4 is 16.7 Å². The number of aromatic hydroxyl groups is 1. The minimum absolute atomic E-state index is 0.0241. The van der Waals surface area contributed by atoms with E-state index in [-0.39, 0.29) is 23.8 Å². The van der Waals surface area contributed by atoms with E-state index >= 15 is 0 Å². The molecule has 1 unspecified atom stereocenters. The molecular weight excluding hydrogens is 266 g/mol. The van der Waals surface area contributed by atoms with Gasteiger partial charge in [0.05, 0.1) is 11.7 Å². The van der Waals surface area contributed by atoms with Crippen molar-refractivity contribution in [3.63, 3.8) is 0 Å². The Hall–Kier alpha value is -2.07. The number of fused-ring (bicyclic) bond motifs is 1. The van der Waals surface area contributed by atoms with Gasteiger partial charge in [0, 0.05) is 11.9 Å². The largest absolute Gasteiger partial charge is 0.506 e. The van der Waals surface area contributed by atoms with Crippen LogP contribution in [0.4, 0.5) is 0 Å². The molecule has 1 amide bonds. The van der Waals surface area contributed by atoms with E-state index in [0.717, 1.165) is 5.39 Å². The van der Waals surface area contributed by atoms with Crippen LogP contribution >= 0.6 is 0 Å². The van der Waals surface area contributed by atoms with Crippen molar-refractivity contribution < 1.29 is 15.0 Å². The number of rotatable bonds is 5. The molecule has 0 radical (unpaired) electrons. The summed E-state index contributed by atoms with van der Waals surface area (Å²) in [5.41, 5.74) is 0.227. The topological polar surface area (TPSA) is 69.6 Å². The SMILES string of the molecule is CC(C)CC(O)CNC(=O)c1ccc2ccccc2c1O. The van der Waals surface area contributed by atoms with Crippen molar-refractivity contribution in [1.82, 2.24) is 5.32 Å². The van der Waals surface area contributed by atoms with Crippen LogP contribution in [0.1, 0.15) is 30.6 Å². The Morgan fingerprint density at radius 2 is 1.90 bits per heavy atom. The Morgan fingerprint density at radius 3 is 2.62 bits per heavy atom. The molecule has 0 aliphatic heterocycles. The van der Waals surface area contributed by atoms with E-state index in [1.165, 1.54) is 0 Å². The van der Waals surface area contributed by atoms with E-state index in [4.69, 9.17) is 0 Å². The number of aliphatic hydroxyl groups excluding tert-OH is 1. The number of carbonyl (C=O) groups is 1. The summed E-state index contributed by atoms with van der Waals surface area (Å²) in [7, 11) is 0. The molecule has 0 saturated heterocycles. The van der Waals surface area contributed by atoms with Crippen LogP contribution in [0.5, 0.6) is 5.75 Å². The zero-order chi connectivity index (χ0) is 15.4. The summed E-state index contributed by atoms with van der Waals surface area (Å²) < 4.78 is 0. The quantitative estimate of drug-likeness (QED) is 0.792. The number of amides is 1. The van der Waals surface area contributed by atoms with Crippen LogP contribution in [0.15, 0.2) is 36.4 Å². The van der Waals surface area contributed by atoms with Gasteiger partial charge in [0.15, 0.2) is 0 Å². The van der Waals surface area contributed by atoms with Crippen LogP contribution in [0.3, 0.4) is 0 Å². The van der Waals surface area contributed by atoms with Gasteiger partial charge in [-0.25, -0.2) is 0 Å². The van der Waals surface area contributed by atoms with Gasteiger partial charge in [-0.15, -0.1) is 0 Å². The molecule has 1 atom stereocenters. The van der Waals surface area contributed by atoms with Gasteiger partial charge >= 0.3 is 0 Å². The number of nitrogens with one attached hydrogen (secondary N) is 1. The van der Waals surface area contributed by atoms with Gasteiger partial charge < -0.3 is 15.5 Å². The second-order valence-electron chi connectivity index (χ2n) is 5.68. The summed E-state index contributed by atoms with van der Waals surface area (Å²) >= 11 is 0. The standard InChI is InChI=1S/C17H21NO3/c1-11(2)9-13(19)10-18-17(21)15-8-7-12-5-3-4-6-14(12)16(15)20/h3-8,11,13,19-20H,9-10H2,1-2H3,(H,18,21). The predicted molar refractivity (Wildman–Crippen MR) is 83.4 cm³/mol. The van der Waals surface area contributed by atoms with Crippen molar-refractivity contribution in [1.29, 1.82) is 0 Å². The molecule has 2 aromatic rings. The lowest BCUT2D eigenvalue weighted by Crippen LogP contribution is -2.32. The first-order chi connectivity index (χ1) is 9.99. The highest BCUT2D eigenvalue weighted by molar-refractivity contribution is 6.03. The molecule has 21 heavy (non-hydrogen) atoms. The van der Waals surface area contributed by atoms with Crippen molar-refractivity contribution in [3.05, 3.63) is 42.0 Å². The minimum atomic E-state index is -0.573. The van der Waals surface area contributed by atoms with Gasteiger partial charge in [-0.2, -0.15) is 0 Å². The van der Waals surface area contributed by atoms with Crippen molar-refractivity contribution in [2.24, 2.45) is 5.92 Å². The predicted octanol–water partition coefficient (Wildman–Crippen LogP) is 2.68. The maximum Gasteiger partial charge on any atom is 0.255 e. The highest BCUT2D eigenvalue weighted by Gasteiger charge is 2.15. The van der Waals surface area contributed by atoms with E-state index < -0.39 is 6.10 Å². The zero-order valence-corrected chi connectivity index (χ0v) is 12.3. The lowest BCUT2D eigenvalue weighted by molar-refractivity contribution is 0.0898. The van der Waals surface area contributed by atoms with Crippen LogP contribution in [0.2, 0.25) is 0 Å². The third kappa shape index (κ3) is 3.73. The Labute approximate surface area is 124 Å². The maximum atomic E-state index is 12.1. The molecule has 0 saturated carbocycles. The van der Waals surface area contributed by atoms with Gasteiger partial charge in [-0.1, -0.05) is 44.2 Å². The highest BCUT2D eigenvalue weighted by Crippen LogP contribution is 2.28. The van der Waals surface area contributed by atoms with Crippen molar-refractivity contribution in [2.45, 2.75) is 26.4 Å². The normalized spacial score (nSPS) is 12.6. The third-order valence-electron chi connectivity index (χ3n) is 3.39. The number of aliphatic hydroxyl groups is 1. The Kier molecular flexibility index (Phi) is 4.81. The molecule has 0 aromatic heterocycles. The van der Waals surface area contributed by atoms with Crippen LogP contribution < -0.4 is 5.32 Å². The van der Waals surface area contributed by atoms with Crippen molar-refractivity contribution in [3.8, 4) is 5.75 Å². The van der Waals surface area contributed by atoms with Crippen LogP contribution in [-0.2, 0) is 0 Å². The molecule has 0 bridgehead atoms. The van der Waals surface area contributed by atoms with E-state index in [1.807, 2.05) is 32.0 Å². The van der Waals surface area contributed by atoms with E-state index in [9.17, 15) is 15.0 Å². The third-order valence-corrected chi connectivity index (χ3v) is 3.39. The molecule has 0 spiro atoms. The maximum absolute atomic E-state index is 12.1. The van der Waals surface area contributed by atoms with Gasteiger partial charge in [-0.3, -0.25) is 4.79 Å². The van der Waals surface area contributed by atoms with E-state index in [1.54, 1.807) is 18.2 Å². The molecule has 0 fully saturated rings. The fourth-order valence-electron chi connectivity index (χ4n) is 2.37. The summed E-state index contributed by atoms with van der Waals surface area (Å²) in [5.74, 6) is -0.0315. The molecule has 0 heterocycles. The smallest absolute Gasteiger partial charge is 0.255 e. The van der Waals surface area contributed by atoms with Crippen molar-refractivity contribution in [2.75, 3.05) is 6.54 Å². The van der Waals surface area contributed by atoms with Gasteiger partial charge in [0.25, 0.3) is 5.91 Å². The van der Waals surface area contributed by atoms with Gasteiger partial charge in [0.2, 0.25) is 0 Å². The number of benzene rings is 2. The van der Waals surface area contributed by atoms with Gasteiger partial charge in [-0.05, 0) is 23.8 Å². The minimum Gasteiger partial charge on any atom is -0.506 e. The Morgan fingerprint density at radius 1 is 1.19 bits per heavy atom. The first-order valence-electron chi connectivity index (χ1n) is 7.16. The monoisotopic (exact) mass is 287 g/mol. The summed E-state index contributed by atoms with van der Waals surface area (Å²) in [5, 5.41) is 24.2. The summed E-state index contributed by atoms with van der Waals surface area (Å²) in [6.07, 6.45) is 0.0563. The molecule has 0 aliphatic rings. The molecule has 4 heteroatoms. The van der Waals surface area contributed by atoms with Crippen LogP contribution in [-0.4, -0.2) is 28.8 Å². The second kappa shape index (κ2) is 6.59. The molecule has 2 rings (SSSR count). The first-order valence-corrected chi connectivity index (χ1v) is 7.16. The van der Waals surface area contributed by atoms with Crippen LogP contribution in [0, 0.1) is 5.92 Å². The average Bonchev–Trinajstić information content (AvgIpc) is 2.45. The number of hydrogen-bond donors (Lipinski definition) is 3. The molecule has 4 nitrogen and oxygen atoms in total. The fraction of sp³-hybridized carbons (Fsp3) is 0.353. The highest BCUT2D eigenvalue weighted by atomic mass is 16.3. The number of phenols is 1. The molecule has 2 aromatic carbocycles. The molecule has 3 N–H and O–H groups in total. The van der Waals surface area contributed by atoms with Crippen LogP contribution in [0.25, 0.3) is 10.8 Å². The number of hydrogen-bond acceptors (Lipinski definition) is 3. The summed E-state index contributed by atoms with van der Waals surface area (Å²) in [6, 6.07) is 10.7. The zero-order valence-electron chi connectivity index (χ0n) is 12.3.